The first-order valence-electron chi connectivity index (χ1n) is 9.57. The molecular formula is C19H21N7O2S. The van der Waals surface area contributed by atoms with Gasteiger partial charge in [-0.1, -0.05) is 6.07 Å². The number of carbonyl (C=O) groups is 2. The summed E-state index contributed by atoms with van der Waals surface area (Å²) in [6, 6.07) is 5.12. The van der Waals surface area contributed by atoms with Gasteiger partial charge in [0.25, 0.3) is 11.8 Å². The number of thiophene rings is 1. The summed E-state index contributed by atoms with van der Waals surface area (Å²) in [5, 5.41) is 13.5. The molecule has 10 heteroatoms. The van der Waals surface area contributed by atoms with E-state index in [0.717, 1.165) is 25.2 Å². The number of rotatable bonds is 3. The lowest BCUT2D eigenvalue weighted by Crippen LogP contribution is -2.48. The van der Waals surface area contributed by atoms with E-state index >= 15 is 0 Å². The number of likely N-dealkylation sites (tertiary alicyclic amines) is 1. The van der Waals surface area contributed by atoms with Crippen LogP contribution in [0.3, 0.4) is 0 Å². The van der Waals surface area contributed by atoms with Crippen LogP contribution in [0.1, 0.15) is 44.9 Å². The largest absolute Gasteiger partial charge is 0.341 e. The molecule has 0 unspecified atom stereocenters. The molecule has 1 N–H and O–H groups in total. The second-order valence-corrected chi connectivity index (χ2v) is 8.60. The quantitative estimate of drug-likeness (QED) is 0.704. The molecule has 150 valence electrons. The summed E-state index contributed by atoms with van der Waals surface area (Å²) in [6.45, 7) is 1.94. The van der Waals surface area contributed by atoms with Crippen molar-refractivity contribution >= 4 is 23.2 Å². The Labute approximate surface area is 171 Å². The van der Waals surface area contributed by atoms with Crippen LogP contribution in [-0.2, 0) is 13.6 Å². The van der Waals surface area contributed by atoms with Gasteiger partial charge in [0.15, 0.2) is 0 Å². The first kappa shape index (κ1) is 18.0. The normalized spacial score (nSPS) is 23.3. The molecule has 3 aromatic rings. The van der Waals surface area contributed by atoms with Gasteiger partial charge in [-0.05, 0) is 30.4 Å². The van der Waals surface area contributed by atoms with Crippen molar-refractivity contribution in [2.75, 3.05) is 13.1 Å². The maximum atomic E-state index is 13.0. The molecule has 5 rings (SSSR count). The molecule has 2 aliphatic heterocycles. The third kappa shape index (κ3) is 2.94. The molecule has 2 atom stereocenters. The van der Waals surface area contributed by atoms with Gasteiger partial charge in [-0.3, -0.25) is 14.3 Å². The number of aromatic nitrogens is 5. The van der Waals surface area contributed by atoms with E-state index in [-0.39, 0.29) is 23.3 Å². The predicted octanol–water partition coefficient (Wildman–Crippen LogP) is 1.48. The molecule has 5 heterocycles. The first-order valence-corrected chi connectivity index (χ1v) is 10.4. The highest BCUT2D eigenvalue weighted by Crippen LogP contribution is 2.47. The van der Waals surface area contributed by atoms with Gasteiger partial charge in [0.1, 0.15) is 17.8 Å². The number of fused-ring (bicyclic) bond motifs is 1. The number of hydrogen-bond acceptors (Lipinski definition) is 6. The van der Waals surface area contributed by atoms with E-state index in [1.165, 1.54) is 17.7 Å². The minimum absolute atomic E-state index is 0.0303. The highest BCUT2D eigenvalue weighted by Gasteiger charge is 2.51. The van der Waals surface area contributed by atoms with Gasteiger partial charge in [-0.25, -0.2) is 9.67 Å². The van der Waals surface area contributed by atoms with Crippen LogP contribution in [0, 0.1) is 5.41 Å². The molecule has 0 radical (unpaired) electrons. The molecule has 2 amide bonds. The van der Waals surface area contributed by atoms with Crippen molar-refractivity contribution in [3.05, 3.63) is 52.5 Å². The van der Waals surface area contributed by atoms with Crippen LogP contribution in [0.4, 0.5) is 0 Å². The van der Waals surface area contributed by atoms with E-state index in [1.807, 2.05) is 27.1 Å². The fourth-order valence-corrected chi connectivity index (χ4v) is 5.12. The van der Waals surface area contributed by atoms with Crippen LogP contribution in [0.2, 0.25) is 0 Å². The lowest BCUT2D eigenvalue weighted by molar-refractivity contribution is 0.0694. The molecule has 0 aliphatic carbocycles. The van der Waals surface area contributed by atoms with Gasteiger partial charge in [-0.15, -0.1) is 11.3 Å². The Morgan fingerprint density at radius 1 is 1.24 bits per heavy atom. The maximum Gasteiger partial charge on any atom is 0.272 e. The van der Waals surface area contributed by atoms with Crippen LogP contribution < -0.4 is 5.32 Å². The molecule has 3 aromatic heterocycles. The topological polar surface area (TPSA) is 97.9 Å². The van der Waals surface area contributed by atoms with Gasteiger partial charge < -0.3 is 10.2 Å². The molecule has 1 spiro atoms. The lowest BCUT2D eigenvalue weighted by atomic mass is 9.74. The van der Waals surface area contributed by atoms with Crippen LogP contribution >= 0.6 is 11.3 Å². The molecule has 1 fully saturated rings. The minimum Gasteiger partial charge on any atom is -0.341 e. The summed E-state index contributed by atoms with van der Waals surface area (Å²) in [7, 11) is 1.77. The van der Waals surface area contributed by atoms with Gasteiger partial charge in [-0.2, -0.15) is 10.2 Å². The number of amides is 2. The zero-order valence-electron chi connectivity index (χ0n) is 16.0. The number of nitrogens with zero attached hydrogens (tertiary/aromatic N) is 6. The van der Waals surface area contributed by atoms with Crippen molar-refractivity contribution in [1.29, 1.82) is 0 Å². The Balaban J connectivity index is 1.44. The highest BCUT2D eigenvalue weighted by molar-refractivity contribution is 7.12. The van der Waals surface area contributed by atoms with E-state index < -0.39 is 0 Å². The smallest absolute Gasteiger partial charge is 0.272 e. The van der Waals surface area contributed by atoms with E-state index in [4.69, 9.17) is 0 Å². The summed E-state index contributed by atoms with van der Waals surface area (Å²) in [5.74, 6) is 0.616. The molecule has 29 heavy (non-hydrogen) atoms. The molecule has 0 aromatic carbocycles. The van der Waals surface area contributed by atoms with Crippen molar-refractivity contribution in [2.24, 2.45) is 12.5 Å². The van der Waals surface area contributed by atoms with Crippen LogP contribution in [0.15, 0.2) is 36.1 Å². The van der Waals surface area contributed by atoms with E-state index in [9.17, 15) is 9.59 Å². The lowest BCUT2D eigenvalue weighted by Gasteiger charge is -2.40. The van der Waals surface area contributed by atoms with Crippen LogP contribution in [0.5, 0.6) is 0 Å². The standard InChI is InChI=1S/C19H21N7O2S/c1-24-13(4-7-21-24)18(28)25-8-5-19(11-25)6-9-26-16(20-12-22-26)15(19)23-17(27)14-3-2-10-29-14/h2-4,7,10,12,15H,5-6,8-9,11H2,1H3,(H,23,27)/t15-,19-/m0/s1. The summed E-state index contributed by atoms with van der Waals surface area (Å²) in [6.07, 6.45) is 4.80. The average Bonchev–Trinajstić information content (AvgIpc) is 3.51. The minimum atomic E-state index is -0.294. The molecule has 0 bridgehead atoms. The fraction of sp³-hybridized carbons (Fsp3) is 0.421. The molecule has 2 aliphatic rings. The highest BCUT2D eigenvalue weighted by atomic mass is 32.1. The van der Waals surface area contributed by atoms with Crippen molar-refractivity contribution in [3.8, 4) is 0 Å². The van der Waals surface area contributed by atoms with Gasteiger partial charge in [0.2, 0.25) is 0 Å². The van der Waals surface area contributed by atoms with E-state index in [0.29, 0.717) is 23.7 Å². The van der Waals surface area contributed by atoms with Crippen LogP contribution in [-0.4, -0.2) is 54.3 Å². The van der Waals surface area contributed by atoms with E-state index in [1.54, 1.807) is 24.0 Å². The summed E-state index contributed by atoms with van der Waals surface area (Å²) < 4.78 is 3.46. The Hall–Kier alpha value is -3.01. The van der Waals surface area contributed by atoms with Crippen molar-refractivity contribution in [3.63, 3.8) is 0 Å². The zero-order chi connectivity index (χ0) is 20.0. The average molecular weight is 411 g/mol. The number of nitrogens with one attached hydrogen (secondary N) is 1. The molecular weight excluding hydrogens is 390 g/mol. The van der Waals surface area contributed by atoms with Gasteiger partial charge >= 0.3 is 0 Å². The van der Waals surface area contributed by atoms with Gasteiger partial charge in [0, 0.05) is 38.3 Å². The Morgan fingerprint density at radius 2 is 2.10 bits per heavy atom. The van der Waals surface area contributed by atoms with Crippen molar-refractivity contribution < 1.29 is 9.59 Å². The SMILES string of the molecule is Cn1nccc1C(=O)N1CC[C@]2(CCn3ncnc3[C@@H]2NC(=O)c2cccs2)C1. The predicted molar refractivity (Wildman–Crippen MR) is 105 cm³/mol. The summed E-state index contributed by atoms with van der Waals surface area (Å²) in [4.78, 5) is 32.8. The van der Waals surface area contributed by atoms with Gasteiger partial charge in [0.05, 0.1) is 10.9 Å². The zero-order valence-corrected chi connectivity index (χ0v) is 16.8. The number of aryl methyl sites for hydroxylation is 2. The van der Waals surface area contributed by atoms with Crippen molar-refractivity contribution in [2.45, 2.75) is 25.4 Å². The maximum absolute atomic E-state index is 13.0. The Bertz CT molecular complexity index is 1060. The first-order chi connectivity index (χ1) is 14.1. The fourth-order valence-electron chi connectivity index (χ4n) is 4.50. The summed E-state index contributed by atoms with van der Waals surface area (Å²) >= 11 is 1.41. The molecule has 0 saturated carbocycles. The molecule has 9 nitrogen and oxygen atoms in total. The van der Waals surface area contributed by atoms with Crippen LogP contribution in [0.25, 0.3) is 0 Å². The summed E-state index contributed by atoms with van der Waals surface area (Å²) in [5.41, 5.74) is 0.310. The van der Waals surface area contributed by atoms with Crippen molar-refractivity contribution in [1.82, 2.24) is 34.8 Å². The second kappa shape index (κ2) is 6.80. The molecule has 1 saturated heterocycles. The third-order valence-corrected chi connectivity index (χ3v) is 6.94. The number of hydrogen-bond donors (Lipinski definition) is 1. The monoisotopic (exact) mass is 411 g/mol. The number of carbonyl (C=O) groups excluding carboxylic acids is 2. The Kier molecular flexibility index (Phi) is 4.23. The Morgan fingerprint density at radius 3 is 2.86 bits per heavy atom. The van der Waals surface area contributed by atoms with E-state index in [2.05, 4.69) is 20.5 Å². The second-order valence-electron chi connectivity index (χ2n) is 7.65. The third-order valence-electron chi connectivity index (χ3n) is 6.07.